The number of carbonyl (C=O) groups excluding carboxylic acids is 2. The first-order chi connectivity index (χ1) is 12.8. The first kappa shape index (κ1) is 19.8. The van der Waals surface area contributed by atoms with Crippen LogP contribution in [0.4, 0.5) is 0 Å². The fourth-order valence-electron chi connectivity index (χ4n) is 2.88. The normalized spacial score (nSPS) is 11.1. The predicted molar refractivity (Wildman–Crippen MR) is 92.1 cm³/mol. The molecule has 2 aromatic rings. The Labute approximate surface area is 151 Å². The number of tetrazole rings is 2. The molecule has 26 heavy (non-hydrogen) atoms. The second-order valence-corrected chi connectivity index (χ2v) is 6.35. The second-order valence-electron chi connectivity index (χ2n) is 6.35. The largest absolute Gasteiger partial charge is 0.303 e. The van der Waals surface area contributed by atoms with Gasteiger partial charge in [0.05, 0.1) is 5.92 Å². The van der Waals surface area contributed by atoms with Crippen LogP contribution in [0.5, 0.6) is 0 Å². The summed E-state index contributed by atoms with van der Waals surface area (Å²) in [6.45, 7) is 0. The molecule has 2 heterocycles. The minimum Gasteiger partial charge on any atom is -0.303 e. The highest BCUT2D eigenvalue weighted by Gasteiger charge is 2.22. The molecular formula is C16H26N8O2. The molecule has 0 aliphatic carbocycles. The Morgan fingerprint density at radius 3 is 2.00 bits per heavy atom. The van der Waals surface area contributed by atoms with Gasteiger partial charge in [0.15, 0.2) is 11.6 Å². The van der Waals surface area contributed by atoms with Gasteiger partial charge in [-0.2, -0.15) is 10.4 Å². The third-order valence-electron chi connectivity index (χ3n) is 4.32. The zero-order chi connectivity index (χ0) is 18.5. The number of nitrogens with zero attached hydrogens (tertiary/aromatic N) is 6. The molecule has 10 heteroatoms. The summed E-state index contributed by atoms with van der Waals surface area (Å²) in [5.74, 6) is 1.21. The fourth-order valence-corrected chi connectivity index (χ4v) is 2.88. The van der Waals surface area contributed by atoms with Crippen LogP contribution in [-0.4, -0.2) is 53.3 Å². The number of unbranched alkanes of at least 4 members (excludes halogenated alkanes) is 6. The van der Waals surface area contributed by atoms with Gasteiger partial charge in [0, 0.05) is 19.3 Å². The number of aldehydes is 1. The minimum atomic E-state index is -0.172. The molecular weight excluding hydrogens is 336 g/mol. The van der Waals surface area contributed by atoms with E-state index in [1.165, 1.54) is 0 Å². The van der Waals surface area contributed by atoms with Gasteiger partial charge in [-0.3, -0.25) is 4.79 Å². The standard InChI is InChI=1S/C16H26N8O2/c25-12-8-4-2-1-3-5-9-13(26)10-6-7-11-14(15-17-21-22-18-15)16-19-23-24-20-16/h12,14H,1-11H2,(H,17,18,21,22)(H,19,20,23,24). The molecule has 0 aliphatic heterocycles. The summed E-state index contributed by atoms with van der Waals surface area (Å²) in [5, 5.41) is 28.1. The number of nitrogens with one attached hydrogen (secondary N) is 2. The van der Waals surface area contributed by atoms with Gasteiger partial charge in [-0.25, -0.2) is 0 Å². The van der Waals surface area contributed by atoms with Crippen molar-refractivity contribution in [1.82, 2.24) is 41.2 Å². The van der Waals surface area contributed by atoms with Crippen molar-refractivity contribution in [3.8, 4) is 0 Å². The van der Waals surface area contributed by atoms with Crippen molar-refractivity contribution in [2.75, 3.05) is 0 Å². The van der Waals surface area contributed by atoms with Crippen LogP contribution in [-0.2, 0) is 9.59 Å². The third kappa shape index (κ3) is 7.16. The molecule has 0 saturated carbocycles. The molecule has 2 rings (SSSR count). The maximum Gasteiger partial charge on any atom is 0.185 e. The highest BCUT2D eigenvalue weighted by molar-refractivity contribution is 5.78. The number of ketones is 1. The van der Waals surface area contributed by atoms with Crippen LogP contribution in [0.3, 0.4) is 0 Å². The zero-order valence-electron chi connectivity index (χ0n) is 14.9. The van der Waals surface area contributed by atoms with E-state index in [1.54, 1.807) is 0 Å². The Morgan fingerprint density at radius 2 is 1.42 bits per heavy atom. The lowest BCUT2D eigenvalue weighted by molar-refractivity contribution is -0.119. The van der Waals surface area contributed by atoms with Gasteiger partial charge in [-0.05, 0) is 25.7 Å². The zero-order valence-corrected chi connectivity index (χ0v) is 14.9. The van der Waals surface area contributed by atoms with Crippen LogP contribution < -0.4 is 0 Å². The van der Waals surface area contributed by atoms with Gasteiger partial charge in [0.2, 0.25) is 0 Å². The van der Waals surface area contributed by atoms with E-state index < -0.39 is 0 Å². The number of Topliss-reactive ketones (excluding diaryl/α,β-unsaturated/α-hetero) is 1. The molecule has 0 spiro atoms. The molecule has 0 unspecified atom stereocenters. The summed E-state index contributed by atoms with van der Waals surface area (Å²) >= 11 is 0. The van der Waals surface area contributed by atoms with Crippen LogP contribution in [0.1, 0.15) is 88.2 Å². The molecule has 142 valence electrons. The molecule has 0 amide bonds. The number of aromatic nitrogens is 8. The topological polar surface area (TPSA) is 143 Å². The minimum absolute atomic E-state index is 0.172. The number of carbonyl (C=O) groups is 2. The lowest BCUT2D eigenvalue weighted by atomic mass is 9.98. The molecule has 0 aliphatic rings. The van der Waals surface area contributed by atoms with E-state index in [-0.39, 0.29) is 5.92 Å². The van der Waals surface area contributed by atoms with Crippen molar-refractivity contribution in [3.63, 3.8) is 0 Å². The van der Waals surface area contributed by atoms with Crippen LogP contribution in [0.2, 0.25) is 0 Å². The summed E-state index contributed by atoms with van der Waals surface area (Å²) in [7, 11) is 0. The molecule has 0 aromatic carbocycles. The Balaban J connectivity index is 1.58. The Morgan fingerprint density at radius 1 is 0.846 bits per heavy atom. The average Bonchev–Trinajstić information content (AvgIpc) is 3.35. The van der Waals surface area contributed by atoms with E-state index in [4.69, 9.17) is 0 Å². The van der Waals surface area contributed by atoms with Gasteiger partial charge in [0.25, 0.3) is 0 Å². The van der Waals surface area contributed by atoms with E-state index in [2.05, 4.69) is 41.2 Å². The first-order valence-electron chi connectivity index (χ1n) is 9.23. The highest BCUT2D eigenvalue weighted by atomic mass is 16.1. The van der Waals surface area contributed by atoms with Crippen molar-refractivity contribution in [2.24, 2.45) is 0 Å². The lowest BCUT2D eigenvalue weighted by Crippen LogP contribution is -2.07. The van der Waals surface area contributed by atoms with E-state index >= 15 is 0 Å². The molecule has 2 N–H and O–H groups in total. The summed E-state index contributed by atoms with van der Waals surface area (Å²) in [6.07, 6.45) is 10.4. The van der Waals surface area contributed by atoms with Gasteiger partial charge in [-0.15, -0.1) is 20.4 Å². The molecule has 0 bridgehead atoms. The smallest absolute Gasteiger partial charge is 0.185 e. The van der Waals surface area contributed by atoms with Gasteiger partial charge < -0.3 is 4.79 Å². The van der Waals surface area contributed by atoms with Crippen molar-refractivity contribution >= 4 is 12.1 Å². The van der Waals surface area contributed by atoms with Crippen LogP contribution in [0.25, 0.3) is 0 Å². The maximum absolute atomic E-state index is 12.0. The van der Waals surface area contributed by atoms with E-state index in [1.807, 2.05) is 0 Å². The molecule has 0 radical (unpaired) electrons. The van der Waals surface area contributed by atoms with Crippen LogP contribution in [0, 0.1) is 0 Å². The number of aromatic amines is 2. The number of rotatable bonds is 15. The summed E-state index contributed by atoms with van der Waals surface area (Å²) < 4.78 is 0. The number of H-pyrrole nitrogens is 2. The predicted octanol–water partition coefficient (Wildman–Crippen LogP) is 1.90. The molecule has 0 saturated heterocycles. The number of hydrogen-bond donors (Lipinski definition) is 2. The van der Waals surface area contributed by atoms with E-state index in [9.17, 15) is 9.59 Å². The van der Waals surface area contributed by atoms with Crippen LogP contribution >= 0.6 is 0 Å². The van der Waals surface area contributed by atoms with Crippen molar-refractivity contribution in [1.29, 1.82) is 0 Å². The molecule has 0 fully saturated rings. The second kappa shape index (κ2) is 11.9. The fraction of sp³-hybridized carbons (Fsp3) is 0.750. The summed E-state index contributed by atoms with van der Waals surface area (Å²) in [4.78, 5) is 22.2. The third-order valence-corrected chi connectivity index (χ3v) is 4.32. The summed E-state index contributed by atoms with van der Waals surface area (Å²) in [5.41, 5.74) is 0. The number of hydrogen-bond acceptors (Lipinski definition) is 8. The SMILES string of the molecule is O=CCCCCCCCC(=O)CCCCC(c1nn[nH]n1)c1nn[nH]n1. The Hall–Kier alpha value is -2.52. The van der Waals surface area contributed by atoms with Gasteiger partial charge in [-0.1, -0.05) is 36.1 Å². The van der Waals surface area contributed by atoms with Crippen molar-refractivity contribution in [3.05, 3.63) is 11.6 Å². The van der Waals surface area contributed by atoms with Crippen molar-refractivity contribution < 1.29 is 9.59 Å². The summed E-state index contributed by atoms with van der Waals surface area (Å²) in [6, 6.07) is 0. The van der Waals surface area contributed by atoms with Gasteiger partial charge in [0.1, 0.15) is 12.1 Å². The lowest BCUT2D eigenvalue weighted by Gasteiger charge is -2.08. The Bertz CT molecular complexity index is 580. The average molecular weight is 362 g/mol. The van der Waals surface area contributed by atoms with Crippen LogP contribution in [0.15, 0.2) is 0 Å². The quantitative estimate of drug-likeness (QED) is 0.361. The van der Waals surface area contributed by atoms with Crippen molar-refractivity contribution in [2.45, 2.75) is 76.5 Å². The Kier molecular flexibility index (Phi) is 9.09. The molecule has 10 nitrogen and oxygen atoms in total. The monoisotopic (exact) mass is 362 g/mol. The molecule has 0 atom stereocenters. The highest BCUT2D eigenvalue weighted by Crippen LogP contribution is 2.23. The van der Waals surface area contributed by atoms with E-state index in [0.717, 1.165) is 57.7 Å². The van der Waals surface area contributed by atoms with E-state index in [0.29, 0.717) is 36.7 Å². The first-order valence-corrected chi connectivity index (χ1v) is 9.23. The maximum atomic E-state index is 12.0. The molecule has 2 aromatic heterocycles. The van der Waals surface area contributed by atoms with Gasteiger partial charge >= 0.3 is 0 Å².